The van der Waals surface area contributed by atoms with Crippen molar-refractivity contribution in [2.75, 3.05) is 19.7 Å². The SMILES string of the molecule is O=C(NN1CCC(=O)N2CCC[C@@H](C(=O)O)N2C1=O)OCC1c2ccccc2-c2ccccc21. The van der Waals surface area contributed by atoms with Crippen molar-refractivity contribution in [1.29, 1.82) is 0 Å². The van der Waals surface area contributed by atoms with Crippen molar-refractivity contribution in [2.24, 2.45) is 0 Å². The minimum absolute atomic E-state index is 0.0434. The van der Waals surface area contributed by atoms with E-state index in [4.69, 9.17) is 4.74 Å². The Bertz CT molecular complexity index is 1120. The van der Waals surface area contributed by atoms with Crippen LogP contribution >= 0.6 is 0 Å². The quantitative estimate of drug-likeness (QED) is 0.718. The highest BCUT2D eigenvalue weighted by Crippen LogP contribution is 2.44. The first-order valence-corrected chi connectivity index (χ1v) is 11.2. The van der Waals surface area contributed by atoms with Gasteiger partial charge in [-0.2, -0.15) is 0 Å². The van der Waals surface area contributed by atoms with Gasteiger partial charge >= 0.3 is 18.1 Å². The lowest BCUT2D eigenvalue weighted by molar-refractivity contribution is -0.162. The molecule has 10 heteroatoms. The minimum atomic E-state index is -1.20. The van der Waals surface area contributed by atoms with Gasteiger partial charge in [0.25, 0.3) is 0 Å². The average Bonchev–Trinajstić information content (AvgIpc) is 3.11. The Morgan fingerprint density at radius 1 is 1.00 bits per heavy atom. The summed E-state index contributed by atoms with van der Waals surface area (Å²) >= 11 is 0. The predicted molar refractivity (Wildman–Crippen MR) is 119 cm³/mol. The maximum atomic E-state index is 13.1. The molecule has 1 aliphatic carbocycles. The highest BCUT2D eigenvalue weighted by atomic mass is 16.6. The van der Waals surface area contributed by atoms with Crippen molar-refractivity contribution in [2.45, 2.75) is 31.2 Å². The number of carboxylic acid groups (broad SMARTS) is 1. The molecule has 4 amide bonds. The van der Waals surface area contributed by atoms with Gasteiger partial charge in [-0.15, -0.1) is 0 Å². The van der Waals surface area contributed by atoms with E-state index < -0.39 is 24.1 Å². The summed E-state index contributed by atoms with van der Waals surface area (Å²) in [6.07, 6.45) is -0.186. The van der Waals surface area contributed by atoms with Gasteiger partial charge in [0, 0.05) is 18.9 Å². The summed E-state index contributed by atoms with van der Waals surface area (Å²) in [6.45, 7) is 0.239. The number of nitrogens with zero attached hydrogens (tertiary/aromatic N) is 3. The normalized spacial score (nSPS) is 19.8. The van der Waals surface area contributed by atoms with Crippen molar-refractivity contribution in [3.8, 4) is 11.1 Å². The Morgan fingerprint density at radius 2 is 1.65 bits per heavy atom. The van der Waals surface area contributed by atoms with Crippen LogP contribution in [0.25, 0.3) is 11.1 Å². The van der Waals surface area contributed by atoms with E-state index in [1.165, 1.54) is 5.01 Å². The summed E-state index contributed by atoms with van der Waals surface area (Å²) in [5.74, 6) is -1.71. The number of urea groups is 1. The highest BCUT2D eigenvalue weighted by Gasteiger charge is 2.44. The number of aliphatic carboxylic acids is 1. The summed E-state index contributed by atoms with van der Waals surface area (Å²) in [6, 6.07) is 13.9. The maximum absolute atomic E-state index is 13.1. The highest BCUT2D eigenvalue weighted by molar-refractivity contribution is 5.89. The number of hydrazine groups is 2. The standard InChI is InChI=1S/C24H24N4O6/c29-21-11-13-26(24(33)28-20(22(30)31)10-5-12-27(21)28)25-23(32)34-14-19-17-8-3-1-6-15(17)16-7-2-4-9-18(16)19/h1-4,6-9,19-20H,5,10-14H2,(H,25,32)(H,30,31)/t20-/m0/s1. The van der Waals surface area contributed by atoms with Gasteiger partial charge in [-0.05, 0) is 35.1 Å². The number of benzene rings is 2. The molecule has 34 heavy (non-hydrogen) atoms. The second-order valence-corrected chi connectivity index (χ2v) is 8.48. The molecule has 176 valence electrons. The number of rotatable bonds is 4. The van der Waals surface area contributed by atoms with Crippen molar-refractivity contribution in [3.05, 3.63) is 59.7 Å². The van der Waals surface area contributed by atoms with Crippen LogP contribution in [0.15, 0.2) is 48.5 Å². The van der Waals surface area contributed by atoms with Crippen LogP contribution in [-0.2, 0) is 14.3 Å². The van der Waals surface area contributed by atoms with Crippen LogP contribution < -0.4 is 5.43 Å². The van der Waals surface area contributed by atoms with E-state index in [1.807, 2.05) is 48.5 Å². The average molecular weight is 464 g/mol. The van der Waals surface area contributed by atoms with E-state index in [0.29, 0.717) is 6.42 Å². The lowest BCUT2D eigenvalue weighted by Crippen LogP contribution is -2.62. The van der Waals surface area contributed by atoms with E-state index >= 15 is 0 Å². The van der Waals surface area contributed by atoms with E-state index in [-0.39, 0.29) is 44.4 Å². The summed E-state index contributed by atoms with van der Waals surface area (Å²) in [7, 11) is 0. The van der Waals surface area contributed by atoms with Crippen LogP contribution in [0.2, 0.25) is 0 Å². The number of ether oxygens (including phenoxy) is 1. The molecule has 3 aliphatic rings. The monoisotopic (exact) mass is 464 g/mol. The molecule has 0 saturated carbocycles. The number of fused-ring (bicyclic) bond motifs is 4. The van der Waals surface area contributed by atoms with E-state index in [1.54, 1.807) is 0 Å². The number of hydrogen-bond donors (Lipinski definition) is 2. The molecule has 2 aromatic rings. The molecule has 2 aliphatic heterocycles. The smallest absolute Gasteiger partial charge is 0.426 e. The Morgan fingerprint density at radius 3 is 2.29 bits per heavy atom. The number of carbonyl (C=O) groups excluding carboxylic acids is 3. The van der Waals surface area contributed by atoms with Crippen LogP contribution in [0.4, 0.5) is 9.59 Å². The second kappa shape index (κ2) is 8.69. The van der Waals surface area contributed by atoms with Crippen LogP contribution in [0, 0.1) is 0 Å². The van der Waals surface area contributed by atoms with E-state index in [9.17, 15) is 24.3 Å². The van der Waals surface area contributed by atoms with Crippen LogP contribution in [0.3, 0.4) is 0 Å². The number of hydrogen-bond acceptors (Lipinski definition) is 5. The fraction of sp³-hybridized carbons (Fsp3) is 0.333. The zero-order chi connectivity index (χ0) is 23.8. The van der Waals surface area contributed by atoms with Crippen molar-refractivity contribution >= 4 is 24.0 Å². The van der Waals surface area contributed by atoms with Crippen molar-refractivity contribution in [1.82, 2.24) is 20.5 Å². The molecule has 0 aromatic heterocycles. The minimum Gasteiger partial charge on any atom is -0.480 e. The van der Waals surface area contributed by atoms with Gasteiger partial charge in [-0.1, -0.05) is 48.5 Å². The Labute approximate surface area is 195 Å². The summed E-state index contributed by atoms with van der Waals surface area (Å²) in [5, 5.41) is 12.6. The van der Waals surface area contributed by atoms with Gasteiger partial charge in [0.05, 0.1) is 6.54 Å². The Kier molecular flexibility index (Phi) is 5.56. The first-order valence-electron chi connectivity index (χ1n) is 11.2. The molecular formula is C24H24N4O6. The van der Waals surface area contributed by atoms with E-state index in [2.05, 4.69) is 5.43 Å². The molecule has 1 atom stereocenters. The molecule has 2 aromatic carbocycles. The fourth-order valence-electron chi connectivity index (χ4n) is 4.94. The number of carboxylic acids is 1. The largest absolute Gasteiger partial charge is 0.480 e. The van der Waals surface area contributed by atoms with Gasteiger partial charge in [0.1, 0.15) is 6.61 Å². The van der Waals surface area contributed by atoms with Gasteiger partial charge in [0.2, 0.25) is 5.91 Å². The molecule has 0 bridgehead atoms. The molecule has 2 N–H and O–H groups in total. The zero-order valence-electron chi connectivity index (χ0n) is 18.3. The zero-order valence-corrected chi connectivity index (χ0v) is 18.3. The van der Waals surface area contributed by atoms with Gasteiger partial charge in [-0.25, -0.2) is 34.8 Å². The van der Waals surface area contributed by atoms with Gasteiger partial charge < -0.3 is 9.84 Å². The Hall–Kier alpha value is -4.08. The van der Waals surface area contributed by atoms with Crippen molar-refractivity contribution < 1.29 is 29.0 Å². The topological polar surface area (TPSA) is 119 Å². The molecule has 0 spiro atoms. The molecule has 2 saturated heterocycles. The Balaban J connectivity index is 1.29. The third-order valence-corrected chi connectivity index (χ3v) is 6.52. The third-order valence-electron chi connectivity index (χ3n) is 6.52. The summed E-state index contributed by atoms with van der Waals surface area (Å²) in [5.41, 5.74) is 6.71. The van der Waals surface area contributed by atoms with Gasteiger partial charge in [-0.3, -0.25) is 4.79 Å². The first-order chi connectivity index (χ1) is 16.5. The van der Waals surface area contributed by atoms with Crippen LogP contribution in [-0.4, -0.2) is 69.9 Å². The first kappa shape index (κ1) is 21.7. The molecule has 0 radical (unpaired) electrons. The molecule has 5 rings (SSSR count). The third kappa shape index (κ3) is 3.70. The molecule has 10 nitrogen and oxygen atoms in total. The van der Waals surface area contributed by atoms with Gasteiger partial charge in [0.15, 0.2) is 6.04 Å². The van der Waals surface area contributed by atoms with E-state index in [0.717, 1.165) is 32.3 Å². The van der Waals surface area contributed by atoms with Crippen LogP contribution in [0.5, 0.6) is 0 Å². The molecule has 0 unspecified atom stereocenters. The molecular weight excluding hydrogens is 440 g/mol. The number of carbonyl (C=O) groups is 4. The fourth-order valence-corrected chi connectivity index (χ4v) is 4.94. The number of nitrogens with one attached hydrogen (secondary N) is 1. The lowest BCUT2D eigenvalue weighted by Gasteiger charge is -2.41. The summed E-state index contributed by atoms with van der Waals surface area (Å²) < 4.78 is 5.49. The van der Waals surface area contributed by atoms with Crippen LogP contribution in [0.1, 0.15) is 36.3 Å². The maximum Gasteiger partial charge on any atom is 0.426 e. The summed E-state index contributed by atoms with van der Waals surface area (Å²) in [4.78, 5) is 49.9. The lowest BCUT2D eigenvalue weighted by atomic mass is 9.98. The predicted octanol–water partition coefficient (Wildman–Crippen LogP) is 2.56. The second-order valence-electron chi connectivity index (χ2n) is 8.48. The molecule has 2 fully saturated rings. The molecule has 2 heterocycles. The number of amides is 4. The van der Waals surface area contributed by atoms with Crippen molar-refractivity contribution in [3.63, 3.8) is 0 Å².